The summed E-state index contributed by atoms with van der Waals surface area (Å²) in [5.74, 6) is -0.673. The van der Waals surface area contributed by atoms with Crippen LogP contribution in [0, 0.1) is 5.41 Å². The Kier molecular flexibility index (Phi) is 5.12. The number of nitrogens with two attached hydrogens (primary N) is 2. The molecule has 1 aliphatic rings. The number of urea groups is 1. The summed E-state index contributed by atoms with van der Waals surface area (Å²) in [6.07, 6.45) is 0. The first-order valence-corrected chi connectivity index (χ1v) is 9.29. The first-order valence-electron chi connectivity index (χ1n) is 8.91. The molecule has 0 bridgehead atoms. The molecule has 1 aromatic carbocycles. The van der Waals surface area contributed by atoms with Gasteiger partial charge >= 0.3 is 6.03 Å². The monoisotopic (exact) mass is 405 g/mol. The molecule has 1 aromatic heterocycles. The number of carbonyl (C=O) groups excluding carboxylic acids is 2. The van der Waals surface area contributed by atoms with Crippen LogP contribution in [0.3, 0.4) is 0 Å². The number of nitrogens with zero attached hydrogens (tertiary/aromatic N) is 3. The molecule has 2 heterocycles. The molecule has 150 valence electrons. The average molecular weight is 406 g/mol. The topological polar surface area (TPSA) is 127 Å². The number of amides is 3. The second kappa shape index (κ2) is 7.10. The van der Waals surface area contributed by atoms with Crippen LogP contribution >= 0.6 is 11.6 Å². The second-order valence-electron chi connectivity index (χ2n) is 8.02. The van der Waals surface area contributed by atoms with Crippen molar-refractivity contribution in [2.75, 3.05) is 13.2 Å². The van der Waals surface area contributed by atoms with Gasteiger partial charge in [-0.05, 0) is 17.5 Å². The van der Waals surface area contributed by atoms with Gasteiger partial charge < -0.3 is 21.5 Å². The largest absolute Gasteiger partial charge is 0.394 e. The van der Waals surface area contributed by atoms with E-state index in [1.54, 1.807) is 28.9 Å². The van der Waals surface area contributed by atoms with Crippen molar-refractivity contribution in [3.8, 4) is 11.3 Å². The third-order valence-electron chi connectivity index (χ3n) is 4.93. The maximum Gasteiger partial charge on any atom is 0.315 e. The van der Waals surface area contributed by atoms with Crippen molar-refractivity contribution in [3.63, 3.8) is 0 Å². The normalized spacial score (nSPS) is 19.4. The lowest BCUT2D eigenvalue weighted by Gasteiger charge is -2.45. The number of rotatable bonds is 3. The van der Waals surface area contributed by atoms with E-state index in [2.05, 4.69) is 5.10 Å². The van der Waals surface area contributed by atoms with Crippen molar-refractivity contribution in [2.24, 2.45) is 16.9 Å². The zero-order valence-electron chi connectivity index (χ0n) is 16.0. The minimum atomic E-state index is -0.673. The van der Waals surface area contributed by atoms with Crippen molar-refractivity contribution >= 4 is 23.5 Å². The Labute approximate surface area is 168 Å². The van der Waals surface area contributed by atoms with Gasteiger partial charge in [0.15, 0.2) is 0 Å². The van der Waals surface area contributed by atoms with E-state index < -0.39 is 29.4 Å². The molecule has 2 atom stereocenters. The summed E-state index contributed by atoms with van der Waals surface area (Å²) in [5.41, 5.74) is 12.6. The van der Waals surface area contributed by atoms with Crippen molar-refractivity contribution in [1.82, 2.24) is 14.7 Å². The van der Waals surface area contributed by atoms with Crippen LogP contribution in [-0.2, 0) is 0 Å². The first kappa shape index (κ1) is 20.2. The van der Waals surface area contributed by atoms with Crippen LogP contribution in [0.4, 0.5) is 4.79 Å². The van der Waals surface area contributed by atoms with Gasteiger partial charge in [0.2, 0.25) is 0 Å². The Balaban J connectivity index is 2.36. The summed E-state index contributed by atoms with van der Waals surface area (Å²) in [6, 6.07) is 5.20. The fourth-order valence-electron chi connectivity index (χ4n) is 3.86. The van der Waals surface area contributed by atoms with E-state index in [9.17, 15) is 14.7 Å². The van der Waals surface area contributed by atoms with Gasteiger partial charge in [0.25, 0.3) is 5.91 Å². The molecule has 3 rings (SSSR count). The van der Waals surface area contributed by atoms with Crippen molar-refractivity contribution in [2.45, 2.75) is 32.9 Å². The van der Waals surface area contributed by atoms with Crippen LogP contribution in [0.5, 0.6) is 0 Å². The number of hydrogen-bond donors (Lipinski definition) is 3. The molecular formula is C19H24ClN5O3. The fourth-order valence-corrected chi connectivity index (χ4v) is 4.05. The summed E-state index contributed by atoms with van der Waals surface area (Å²) in [4.78, 5) is 26.1. The van der Waals surface area contributed by atoms with Crippen molar-refractivity contribution in [1.29, 1.82) is 0 Å². The van der Waals surface area contributed by atoms with Crippen molar-refractivity contribution < 1.29 is 14.7 Å². The van der Waals surface area contributed by atoms with E-state index in [1.807, 2.05) is 20.8 Å². The van der Waals surface area contributed by atoms with E-state index in [0.29, 0.717) is 22.0 Å². The maximum atomic E-state index is 12.5. The predicted molar refractivity (Wildman–Crippen MR) is 106 cm³/mol. The minimum Gasteiger partial charge on any atom is -0.394 e. The summed E-state index contributed by atoms with van der Waals surface area (Å²) in [6.45, 7) is 5.72. The molecule has 0 spiro atoms. The number of primary amides is 2. The lowest BCUT2D eigenvalue weighted by Crippen LogP contribution is -2.52. The lowest BCUT2D eigenvalue weighted by molar-refractivity contribution is 0.0597. The molecule has 0 saturated heterocycles. The molecule has 9 heteroatoms. The molecule has 1 aliphatic heterocycles. The van der Waals surface area contributed by atoms with Gasteiger partial charge in [-0.15, -0.1) is 0 Å². The lowest BCUT2D eigenvalue weighted by atomic mass is 9.80. The standard InChI is InChI=1S/C19H24ClN5O3/c1-19(2,3)16-15-13(17(21)27)14(10-5-4-6-11(20)7-10)23-25(15)12(9-26)8-24(16)18(22)28/h4-7,12,16,26H,8-9H2,1-3H3,(H2,21,27)(H2,22,28). The van der Waals surface area contributed by atoms with E-state index >= 15 is 0 Å². The molecule has 0 aliphatic carbocycles. The van der Waals surface area contributed by atoms with Gasteiger partial charge in [-0.25, -0.2) is 4.79 Å². The second-order valence-corrected chi connectivity index (χ2v) is 8.46. The summed E-state index contributed by atoms with van der Waals surface area (Å²) >= 11 is 6.12. The molecule has 0 fully saturated rings. The molecule has 2 aromatic rings. The molecule has 28 heavy (non-hydrogen) atoms. The zero-order valence-corrected chi connectivity index (χ0v) is 16.8. The highest BCUT2D eigenvalue weighted by molar-refractivity contribution is 6.30. The van der Waals surface area contributed by atoms with Crippen LogP contribution in [0.15, 0.2) is 24.3 Å². The van der Waals surface area contributed by atoms with Gasteiger partial charge in [0.05, 0.1) is 29.9 Å². The molecule has 3 amide bonds. The summed E-state index contributed by atoms with van der Waals surface area (Å²) in [7, 11) is 0. The van der Waals surface area contributed by atoms with Gasteiger partial charge in [-0.2, -0.15) is 5.10 Å². The molecule has 0 radical (unpaired) electrons. The molecule has 2 unspecified atom stereocenters. The van der Waals surface area contributed by atoms with Crippen LogP contribution in [-0.4, -0.2) is 44.9 Å². The fraction of sp³-hybridized carbons (Fsp3) is 0.421. The Morgan fingerprint density at radius 3 is 2.50 bits per heavy atom. The van der Waals surface area contributed by atoms with Gasteiger partial charge in [0, 0.05) is 17.1 Å². The van der Waals surface area contributed by atoms with E-state index in [-0.39, 0.29) is 18.7 Å². The van der Waals surface area contributed by atoms with Gasteiger partial charge in [-0.1, -0.05) is 44.5 Å². The maximum absolute atomic E-state index is 12.5. The van der Waals surface area contributed by atoms with E-state index in [0.717, 1.165) is 0 Å². The highest BCUT2D eigenvalue weighted by Crippen LogP contribution is 2.45. The van der Waals surface area contributed by atoms with Crippen LogP contribution < -0.4 is 11.5 Å². The summed E-state index contributed by atoms with van der Waals surface area (Å²) in [5, 5.41) is 15.0. The van der Waals surface area contributed by atoms with Crippen molar-refractivity contribution in [3.05, 3.63) is 40.5 Å². The number of halogens is 1. The highest BCUT2D eigenvalue weighted by atomic mass is 35.5. The van der Waals surface area contributed by atoms with E-state index in [1.165, 1.54) is 4.90 Å². The van der Waals surface area contributed by atoms with Crippen LogP contribution in [0.25, 0.3) is 11.3 Å². The molecular weight excluding hydrogens is 382 g/mol. The predicted octanol–water partition coefficient (Wildman–Crippen LogP) is 2.32. The highest BCUT2D eigenvalue weighted by Gasteiger charge is 2.45. The molecule has 5 N–H and O–H groups in total. The van der Waals surface area contributed by atoms with Gasteiger partial charge in [0.1, 0.15) is 5.69 Å². The quantitative estimate of drug-likeness (QED) is 0.723. The number of fused-ring (bicyclic) bond motifs is 1. The first-order chi connectivity index (χ1) is 13.1. The SMILES string of the molecule is CC(C)(C)C1c2c(C(N)=O)c(-c3cccc(Cl)c3)nn2C(CO)CN1C(N)=O. The average Bonchev–Trinajstić information content (AvgIpc) is 2.99. The summed E-state index contributed by atoms with van der Waals surface area (Å²) < 4.78 is 1.60. The Bertz CT molecular complexity index is 934. The Hall–Kier alpha value is -2.58. The molecule has 0 saturated carbocycles. The zero-order chi connectivity index (χ0) is 20.8. The minimum absolute atomic E-state index is 0.176. The Morgan fingerprint density at radius 2 is 2.00 bits per heavy atom. The van der Waals surface area contributed by atoms with Crippen LogP contribution in [0.1, 0.15) is 48.9 Å². The van der Waals surface area contributed by atoms with Crippen LogP contribution in [0.2, 0.25) is 5.02 Å². The molecule has 8 nitrogen and oxygen atoms in total. The number of carbonyl (C=O) groups is 2. The number of aliphatic hydroxyl groups is 1. The third-order valence-corrected chi connectivity index (χ3v) is 5.17. The van der Waals surface area contributed by atoms with E-state index in [4.69, 9.17) is 23.1 Å². The number of aromatic nitrogens is 2. The number of aliphatic hydroxyl groups excluding tert-OH is 1. The Morgan fingerprint density at radius 1 is 1.32 bits per heavy atom. The van der Waals surface area contributed by atoms with Gasteiger partial charge in [-0.3, -0.25) is 9.48 Å². The number of benzene rings is 1. The number of hydrogen-bond acceptors (Lipinski definition) is 4. The third kappa shape index (κ3) is 3.33. The smallest absolute Gasteiger partial charge is 0.315 e.